The number of nitrogens with one attached hydrogen (secondary N) is 1. The Bertz CT molecular complexity index is 593. The summed E-state index contributed by atoms with van der Waals surface area (Å²) in [5, 5.41) is 12.2. The summed E-state index contributed by atoms with van der Waals surface area (Å²) < 4.78 is 0. The lowest BCUT2D eigenvalue weighted by Crippen LogP contribution is -2.35. The van der Waals surface area contributed by atoms with Crippen LogP contribution >= 0.6 is 23.2 Å². The van der Waals surface area contributed by atoms with Crippen molar-refractivity contribution in [3.8, 4) is 0 Å². The number of aromatic nitrogens is 1. The molecule has 0 spiro atoms. The minimum atomic E-state index is -0.975. The van der Waals surface area contributed by atoms with Crippen molar-refractivity contribution in [2.45, 2.75) is 19.8 Å². The zero-order chi connectivity index (χ0) is 15.6. The number of carboxylic acid groups (broad SMARTS) is 1. The minimum Gasteiger partial charge on any atom is -0.481 e. The molecule has 2 atom stereocenters. The van der Waals surface area contributed by atoms with Crippen LogP contribution < -0.4 is 5.32 Å². The van der Waals surface area contributed by atoms with Gasteiger partial charge in [-0.05, 0) is 31.4 Å². The summed E-state index contributed by atoms with van der Waals surface area (Å²) in [5.41, 5.74) is 1.04. The van der Waals surface area contributed by atoms with E-state index in [1.807, 2.05) is 6.08 Å². The van der Waals surface area contributed by atoms with Crippen LogP contribution in [0.15, 0.2) is 18.2 Å². The highest BCUT2D eigenvalue weighted by molar-refractivity contribution is 6.34. The van der Waals surface area contributed by atoms with Gasteiger partial charge in [0.2, 0.25) is 5.91 Å². The number of pyridine rings is 1. The lowest BCUT2D eigenvalue weighted by atomic mass is 9.82. The number of amides is 1. The van der Waals surface area contributed by atoms with Crippen molar-refractivity contribution in [1.82, 2.24) is 4.98 Å². The highest BCUT2D eigenvalue weighted by Crippen LogP contribution is 2.30. The molecule has 5 nitrogen and oxygen atoms in total. The fraction of sp³-hybridized carbons (Fsp3) is 0.357. The van der Waals surface area contributed by atoms with E-state index < -0.39 is 17.8 Å². The fourth-order valence-electron chi connectivity index (χ4n) is 2.34. The molecule has 2 rings (SSSR count). The number of carboxylic acids is 1. The number of carbonyl (C=O) groups excluding carboxylic acids is 1. The zero-order valence-corrected chi connectivity index (χ0v) is 12.8. The van der Waals surface area contributed by atoms with Crippen LogP contribution in [0.3, 0.4) is 0 Å². The summed E-state index contributed by atoms with van der Waals surface area (Å²) in [6.07, 6.45) is 4.34. The molecule has 0 aliphatic heterocycles. The van der Waals surface area contributed by atoms with Crippen molar-refractivity contribution in [2.24, 2.45) is 11.8 Å². The van der Waals surface area contributed by atoms with Crippen LogP contribution in [-0.4, -0.2) is 22.0 Å². The molecule has 0 saturated carbocycles. The van der Waals surface area contributed by atoms with Gasteiger partial charge in [-0.2, -0.15) is 0 Å². The van der Waals surface area contributed by atoms with Crippen LogP contribution in [0.5, 0.6) is 0 Å². The van der Waals surface area contributed by atoms with Crippen molar-refractivity contribution in [1.29, 1.82) is 0 Å². The molecule has 21 heavy (non-hydrogen) atoms. The van der Waals surface area contributed by atoms with Crippen LogP contribution in [-0.2, 0) is 9.59 Å². The SMILES string of the molecule is Cc1cc(Cl)nc(Cl)c1NC(=O)[C@@H]1CC=CC[C@@H]1C(=O)O. The molecule has 1 aromatic rings. The molecule has 0 radical (unpaired) electrons. The predicted molar refractivity (Wildman–Crippen MR) is 80.6 cm³/mol. The monoisotopic (exact) mass is 328 g/mol. The van der Waals surface area contributed by atoms with Crippen LogP contribution in [0.1, 0.15) is 18.4 Å². The van der Waals surface area contributed by atoms with Crippen molar-refractivity contribution in [3.63, 3.8) is 0 Å². The third-order valence-corrected chi connectivity index (χ3v) is 3.94. The van der Waals surface area contributed by atoms with E-state index in [0.29, 0.717) is 24.1 Å². The van der Waals surface area contributed by atoms with E-state index in [2.05, 4.69) is 10.3 Å². The summed E-state index contributed by atoms with van der Waals surface area (Å²) in [5.74, 6) is -2.70. The van der Waals surface area contributed by atoms with Gasteiger partial charge in [0.25, 0.3) is 0 Å². The van der Waals surface area contributed by atoms with Crippen LogP contribution in [0.25, 0.3) is 0 Å². The normalized spacial score (nSPS) is 21.1. The maximum absolute atomic E-state index is 12.3. The number of aliphatic carboxylic acids is 1. The third kappa shape index (κ3) is 3.54. The molecule has 0 bridgehead atoms. The lowest BCUT2D eigenvalue weighted by Gasteiger charge is -2.24. The van der Waals surface area contributed by atoms with E-state index in [4.69, 9.17) is 23.2 Å². The summed E-state index contributed by atoms with van der Waals surface area (Å²) >= 11 is 11.8. The summed E-state index contributed by atoms with van der Waals surface area (Å²) in [4.78, 5) is 27.4. The van der Waals surface area contributed by atoms with Gasteiger partial charge in [0.15, 0.2) is 5.15 Å². The molecule has 0 fully saturated rings. The van der Waals surface area contributed by atoms with Crippen molar-refractivity contribution >= 4 is 40.8 Å². The lowest BCUT2D eigenvalue weighted by molar-refractivity contribution is -0.146. The first-order chi connectivity index (χ1) is 9.90. The van der Waals surface area contributed by atoms with Gasteiger partial charge in [-0.3, -0.25) is 9.59 Å². The predicted octanol–water partition coefficient (Wildman–Crippen LogP) is 3.30. The minimum absolute atomic E-state index is 0.0894. The molecule has 1 heterocycles. The van der Waals surface area contributed by atoms with Gasteiger partial charge in [-0.25, -0.2) is 4.98 Å². The van der Waals surface area contributed by atoms with Gasteiger partial charge in [0, 0.05) is 0 Å². The molecule has 1 aliphatic carbocycles. The second kappa shape index (κ2) is 6.45. The molecule has 7 heteroatoms. The Morgan fingerprint density at radius 2 is 1.90 bits per heavy atom. The number of nitrogens with zero attached hydrogens (tertiary/aromatic N) is 1. The van der Waals surface area contributed by atoms with Gasteiger partial charge >= 0.3 is 5.97 Å². The molecule has 2 N–H and O–H groups in total. The van der Waals surface area contributed by atoms with E-state index in [1.165, 1.54) is 0 Å². The summed E-state index contributed by atoms with van der Waals surface area (Å²) in [6, 6.07) is 1.58. The Labute approximate surface area is 132 Å². The van der Waals surface area contributed by atoms with Crippen LogP contribution in [0.4, 0.5) is 5.69 Å². The highest BCUT2D eigenvalue weighted by atomic mass is 35.5. The van der Waals surface area contributed by atoms with Crippen LogP contribution in [0, 0.1) is 18.8 Å². The quantitative estimate of drug-likeness (QED) is 0.659. The van der Waals surface area contributed by atoms with Crippen molar-refractivity contribution < 1.29 is 14.7 Å². The Kier molecular flexibility index (Phi) is 4.85. The smallest absolute Gasteiger partial charge is 0.307 e. The molecule has 112 valence electrons. The van der Waals surface area contributed by atoms with Gasteiger partial charge in [-0.15, -0.1) is 0 Å². The number of anilines is 1. The second-order valence-electron chi connectivity index (χ2n) is 4.91. The summed E-state index contributed by atoms with van der Waals surface area (Å²) in [6.45, 7) is 1.74. The number of hydrogen-bond acceptors (Lipinski definition) is 3. The standard InChI is InChI=1S/C14H14Cl2N2O3/c1-7-6-10(15)17-12(16)11(7)18-13(19)8-4-2-3-5-9(8)14(20)21/h2-3,6,8-9H,4-5H2,1H3,(H,18,19)(H,20,21)/t8-,9+/m1/s1. The maximum atomic E-state index is 12.3. The Morgan fingerprint density at radius 1 is 1.29 bits per heavy atom. The van der Waals surface area contributed by atoms with E-state index in [0.717, 1.165) is 0 Å². The number of carbonyl (C=O) groups is 2. The van der Waals surface area contributed by atoms with Crippen LogP contribution in [0.2, 0.25) is 10.3 Å². The van der Waals surface area contributed by atoms with E-state index in [1.54, 1.807) is 19.1 Å². The first-order valence-electron chi connectivity index (χ1n) is 6.41. The van der Waals surface area contributed by atoms with Gasteiger partial charge < -0.3 is 10.4 Å². The number of allylic oxidation sites excluding steroid dienone is 2. The number of aryl methyl sites for hydroxylation is 1. The molecule has 1 aliphatic rings. The number of halogens is 2. The summed E-state index contributed by atoms with van der Waals surface area (Å²) in [7, 11) is 0. The first kappa shape index (κ1) is 15.8. The van der Waals surface area contributed by atoms with E-state index in [-0.39, 0.29) is 16.2 Å². The largest absolute Gasteiger partial charge is 0.481 e. The highest BCUT2D eigenvalue weighted by Gasteiger charge is 2.34. The molecule has 0 unspecified atom stereocenters. The molecule has 0 aromatic carbocycles. The average Bonchev–Trinajstić information content (AvgIpc) is 2.42. The fourth-order valence-corrected chi connectivity index (χ4v) is 2.92. The molecular formula is C14H14Cl2N2O3. The van der Waals surface area contributed by atoms with Crippen molar-refractivity contribution in [3.05, 3.63) is 34.1 Å². The molecule has 1 aromatic heterocycles. The molecule has 1 amide bonds. The molecular weight excluding hydrogens is 315 g/mol. The Hall–Kier alpha value is -1.59. The zero-order valence-electron chi connectivity index (χ0n) is 11.3. The Balaban J connectivity index is 2.21. The topological polar surface area (TPSA) is 79.3 Å². The second-order valence-corrected chi connectivity index (χ2v) is 5.66. The number of hydrogen-bond donors (Lipinski definition) is 2. The maximum Gasteiger partial charge on any atom is 0.307 e. The third-order valence-electron chi connectivity index (χ3n) is 3.48. The average molecular weight is 329 g/mol. The first-order valence-corrected chi connectivity index (χ1v) is 7.17. The van der Waals surface area contributed by atoms with E-state index in [9.17, 15) is 14.7 Å². The number of rotatable bonds is 3. The van der Waals surface area contributed by atoms with Gasteiger partial charge in [0.05, 0.1) is 17.5 Å². The van der Waals surface area contributed by atoms with Crippen molar-refractivity contribution in [2.75, 3.05) is 5.32 Å². The Morgan fingerprint density at radius 3 is 2.48 bits per heavy atom. The molecule has 0 saturated heterocycles. The van der Waals surface area contributed by atoms with Gasteiger partial charge in [0.1, 0.15) is 5.15 Å². The van der Waals surface area contributed by atoms with E-state index >= 15 is 0 Å². The van der Waals surface area contributed by atoms with Gasteiger partial charge in [-0.1, -0.05) is 35.4 Å².